The van der Waals surface area contributed by atoms with E-state index in [1.165, 1.54) is 5.56 Å². The van der Waals surface area contributed by atoms with Crippen LogP contribution in [0.5, 0.6) is 0 Å². The number of fused-ring (bicyclic) bond motifs is 3. The highest BCUT2D eigenvalue weighted by Crippen LogP contribution is 2.37. The predicted molar refractivity (Wildman–Crippen MR) is 94.5 cm³/mol. The van der Waals surface area contributed by atoms with Gasteiger partial charge in [-0.05, 0) is 43.2 Å². The van der Waals surface area contributed by atoms with Crippen molar-refractivity contribution in [3.8, 4) is 17.3 Å². The Morgan fingerprint density at radius 1 is 1.00 bits per heavy atom. The molecule has 0 radical (unpaired) electrons. The van der Waals surface area contributed by atoms with E-state index in [1.54, 1.807) is 0 Å². The normalized spacial score (nSPS) is 11.1. The summed E-state index contributed by atoms with van der Waals surface area (Å²) >= 11 is 0. The fourth-order valence-electron chi connectivity index (χ4n) is 3.31. The molecule has 0 unspecified atom stereocenters. The number of pyridine rings is 1. The molecule has 3 nitrogen and oxygen atoms in total. The molecule has 3 heteroatoms. The minimum Gasteiger partial charge on any atom is -0.455 e. The number of aromatic nitrogens is 1. The van der Waals surface area contributed by atoms with Crippen molar-refractivity contribution in [3.63, 3.8) is 0 Å². The van der Waals surface area contributed by atoms with Crippen molar-refractivity contribution in [3.05, 3.63) is 65.4 Å². The fraction of sp³-hybridized carbons (Fsp3) is 0.143. The smallest absolute Gasteiger partial charge is 0.216 e. The van der Waals surface area contributed by atoms with Crippen molar-refractivity contribution in [1.29, 1.82) is 5.26 Å². The van der Waals surface area contributed by atoms with E-state index in [9.17, 15) is 5.26 Å². The summed E-state index contributed by atoms with van der Waals surface area (Å²) in [7, 11) is 2.04. The van der Waals surface area contributed by atoms with Crippen LogP contribution in [-0.4, -0.2) is 0 Å². The van der Waals surface area contributed by atoms with Gasteiger partial charge in [0, 0.05) is 22.9 Å². The van der Waals surface area contributed by atoms with Gasteiger partial charge < -0.3 is 4.42 Å². The lowest BCUT2D eigenvalue weighted by atomic mass is 9.99. The number of benzene rings is 2. The summed E-state index contributed by atoms with van der Waals surface area (Å²) in [4.78, 5) is 0. The molecule has 0 saturated carbocycles. The highest BCUT2D eigenvalue weighted by molar-refractivity contribution is 6.10. The number of nitriles is 1. The van der Waals surface area contributed by atoms with Crippen LogP contribution in [0.3, 0.4) is 0 Å². The molecule has 0 bridgehead atoms. The third-order valence-electron chi connectivity index (χ3n) is 4.63. The number of hydrogen-bond donors (Lipinski definition) is 0. The molecule has 0 amide bonds. The van der Waals surface area contributed by atoms with Crippen LogP contribution >= 0.6 is 0 Å². The Bertz CT molecular complexity index is 1150. The van der Waals surface area contributed by atoms with Gasteiger partial charge in [0.05, 0.1) is 17.2 Å². The topological polar surface area (TPSA) is 40.8 Å². The third-order valence-corrected chi connectivity index (χ3v) is 4.63. The number of furan rings is 1. The molecule has 4 aromatic rings. The second kappa shape index (κ2) is 5.21. The molecule has 0 aliphatic rings. The minimum absolute atomic E-state index is 0.692. The van der Waals surface area contributed by atoms with Gasteiger partial charge in [0.1, 0.15) is 18.2 Å². The van der Waals surface area contributed by atoms with Gasteiger partial charge in [-0.2, -0.15) is 5.26 Å². The van der Waals surface area contributed by atoms with E-state index in [0.29, 0.717) is 5.56 Å². The summed E-state index contributed by atoms with van der Waals surface area (Å²) in [5.41, 5.74) is 6.71. The standard InChI is InChI=1S/C21H17N2O/c1-13-7-8-16-17-11-15(12-22)14(2)10-19(17)24-21(16)20(13)18-6-4-5-9-23(18)3/h4-11H,1-3H3/q+1. The van der Waals surface area contributed by atoms with Gasteiger partial charge in [-0.15, -0.1) is 0 Å². The second-order valence-electron chi connectivity index (χ2n) is 6.21. The Hall–Kier alpha value is -3.12. The maximum atomic E-state index is 9.32. The number of rotatable bonds is 1. The van der Waals surface area contributed by atoms with Gasteiger partial charge in [-0.3, -0.25) is 0 Å². The molecule has 0 aliphatic heterocycles. The van der Waals surface area contributed by atoms with E-state index >= 15 is 0 Å². The maximum absolute atomic E-state index is 9.32. The molecule has 0 aliphatic carbocycles. The van der Waals surface area contributed by atoms with Crippen LogP contribution < -0.4 is 4.57 Å². The van der Waals surface area contributed by atoms with Crippen LogP contribution in [0.2, 0.25) is 0 Å². The molecular formula is C21H17N2O+. The van der Waals surface area contributed by atoms with Crippen molar-refractivity contribution < 1.29 is 8.98 Å². The van der Waals surface area contributed by atoms with E-state index in [0.717, 1.165) is 38.8 Å². The SMILES string of the molecule is Cc1cc2oc3c(-c4cccc[n+]4C)c(C)ccc3c2cc1C#N. The number of nitrogens with zero attached hydrogens (tertiary/aromatic N) is 2. The Kier molecular flexibility index (Phi) is 3.14. The molecule has 0 fully saturated rings. The van der Waals surface area contributed by atoms with Gasteiger partial charge in [0.25, 0.3) is 0 Å². The average Bonchev–Trinajstić information content (AvgIpc) is 2.92. The van der Waals surface area contributed by atoms with Crippen LogP contribution in [-0.2, 0) is 7.05 Å². The molecular weight excluding hydrogens is 296 g/mol. The van der Waals surface area contributed by atoms with Crippen LogP contribution in [0.15, 0.2) is 53.1 Å². The first-order chi connectivity index (χ1) is 11.6. The van der Waals surface area contributed by atoms with Crippen molar-refractivity contribution >= 4 is 21.9 Å². The molecule has 2 aromatic heterocycles. The lowest BCUT2D eigenvalue weighted by Gasteiger charge is -2.04. The maximum Gasteiger partial charge on any atom is 0.216 e. The lowest BCUT2D eigenvalue weighted by Crippen LogP contribution is -2.30. The molecule has 4 rings (SSSR count). The van der Waals surface area contributed by atoms with Crippen LogP contribution in [0.4, 0.5) is 0 Å². The van der Waals surface area contributed by atoms with Crippen LogP contribution in [0.1, 0.15) is 16.7 Å². The number of aryl methyl sites for hydroxylation is 3. The lowest BCUT2D eigenvalue weighted by molar-refractivity contribution is -0.660. The molecule has 2 aromatic carbocycles. The van der Waals surface area contributed by atoms with Crippen molar-refractivity contribution in [2.75, 3.05) is 0 Å². The average molecular weight is 313 g/mol. The third kappa shape index (κ3) is 2.00. The Morgan fingerprint density at radius 3 is 2.58 bits per heavy atom. The highest BCUT2D eigenvalue weighted by atomic mass is 16.3. The van der Waals surface area contributed by atoms with Gasteiger partial charge in [0.2, 0.25) is 5.69 Å². The molecule has 0 atom stereocenters. The Balaban J connectivity index is 2.16. The van der Waals surface area contributed by atoms with E-state index in [4.69, 9.17) is 4.42 Å². The Morgan fingerprint density at radius 2 is 1.83 bits per heavy atom. The highest BCUT2D eigenvalue weighted by Gasteiger charge is 2.20. The van der Waals surface area contributed by atoms with Gasteiger partial charge in [0.15, 0.2) is 6.20 Å². The van der Waals surface area contributed by atoms with E-state index in [-0.39, 0.29) is 0 Å². The van der Waals surface area contributed by atoms with Gasteiger partial charge in [-0.25, -0.2) is 4.57 Å². The quantitative estimate of drug-likeness (QED) is 0.483. The van der Waals surface area contributed by atoms with E-state index in [2.05, 4.69) is 35.8 Å². The summed E-state index contributed by atoms with van der Waals surface area (Å²) in [6.07, 6.45) is 2.04. The van der Waals surface area contributed by atoms with Crippen molar-refractivity contribution in [1.82, 2.24) is 0 Å². The zero-order valence-electron chi connectivity index (χ0n) is 13.9. The van der Waals surface area contributed by atoms with Gasteiger partial charge >= 0.3 is 0 Å². The zero-order valence-corrected chi connectivity index (χ0v) is 13.9. The first-order valence-electron chi connectivity index (χ1n) is 7.91. The van der Waals surface area contributed by atoms with E-state index < -0.39 is 0 Å². The summed E-state index contributed by atoms with van der Waals surface area (Å²) < 4.78 is 8.33. The van der Waals surface area contributed by atoms with E-state index in [1.807, 2.05) is 44.4 Å². The summed E-state index contributed by atoms with van der Waals surface area (Å²) in [6, 6.07) is 16.5. The first kappa shape index (κ1) is 14.5. The zero-order chi connectivity index (χ0) is 16.8. The second-order valence-corrected chi connectivity index (χ2v) is 6.21. The number of hydrogen-bond acceptors (Lipinski definition) is 2. The van der Waals surface area contributed by atoms with Crippen molar-refractivity contribution in [2.24, 2.45) is 7.05 Å². The molecule has 0 spiro atoms. The predicted octanol–water partition coefficient (Wildman–Crippen LogP) is 4.57. The first-order valence-corrected chi connectivity index (χ1v) is 7.91. The summed E-state index contributed by atoms with van der Waals surface area (Å²) in [5, 5.41) is 11.4. The van der Waals surface area contributed by atoms with Crippen LogP contribution in [0.25, 0.3) is 33.2 Å². The molecule has 2 heterocycles. The Labute approximate surface area is 140 Å². The van der Waals surface area contributed by atoms with Crippen LogP contribution in [0, 0.1) is 25.2 Å². The fourth-order valence-corrected chi connectivity index (χ4v) is 3.31. The largest absolute Gasteiger partial charge is 0.455 e. The summed E-state index contributed by atoms with van der Waals surface area (Å²) in [6.45, 7) is 4.04. The molecule has 24 heavy (non-hydrogen) atoms. The monoisotopic (exact) mass is 313 g/mol. The molecule has 0 saturated heterocycles. The minimum atomic E-state index is 0.692. The molecule has 0 N–H and O–H groups in total. The molecule has 116 valence electrons. The van der Waals surface area contributed by atoms with Crippen molar-refractivity contribution in [2.45, 2.75) is 13.8 Å². The van der Waals surface area contributed by atoms with Gasteiger partial charge in [-0.1, -0.05) is 12.1 Å². The summed E-state index contributed by atoms with van der Waals surface area (Å²) in [5.74, 6) is 0.